The average molecular weight is 183 g/mol. The molecule has 1 heteroatoms. The molecule has 0 fully saturated rings. The number of allylic oxidation sites excluding steroid dienone is 1. The molecule has 0 spiro atoms. The zero-order valence-electron chi connectivity index (χ0n) is 9.85. The Bertz CT molecular complexity index is 145. The third-order valence-electron chi connectivity index (χ3n) is 2.31. The topological polar surface area (TPSA) is 12.0 Å². The van der Waals surface area contributed by atoms with Gasteiger partial charge in [-0.05, 0) is 32.7 Å². The first kappa shape index (κ1) is 12.7. The van der Waals surface area contributed by atoms with Crippen molar-refractivity contribution in [3.63, 3.8) is 0 Å². The molecular weight excluding hydrogens is 158 g/mol. The van der Waals surface area contributed by atoms with Crippen LogP contribution in [0, 0.1) is 5.92 Å². The van der Waals surface area contributed by atoms with Gasteiger partial charge in [-0.1, -0.05) is 38.8 Å². The molecule has 0 aromatic heterocycles. The van der Waals surface area contributed by atoms with E-state index >= 15 is 0 Å². The quantitative estimate of drug-likeness (QED) is 0.623. The first-order valence-electron chi connectivity index (χ1n) is 5.50. The minimum Gasteiger partial charge on any atom is -0.311 e. The Labute approximate surface area is 83.6 Å². The second-order valence-electron chi connectivity index (χ2n) is 4.09. The summed E-state index contributed by atoms with van der Waals surface area (Å²) in [5.41, 5.74) is 1.41. The maximum Gasteiger partial charge on any atom is 0.0277 e. The van der Waals surface area contributed by atoms with Gasteiger partial charge in [-0.15, -0.1) is 0 Å². The highest BCUT2D eigenvalue weighted by atomic mass is 14.9. The molecule has 0 aliphatic rings. The summed E-state index contributed by atoms with van der Waals surface area (Å²) in [6.45, 7) is 12.2. The van der Waals surface area contributed by atoms with Gasteiger partial charge in [0.25, 0.3) is 0 Å². The zero-order chi connectivity index (χ0) is 10.3. The van der Waals surface area contributed by atoms with Gasteiger partial charge in [-0.3, -0.25) is 0 Å². The van der Waals surface area contributed by atoms with E-state index in [4.69, 9.17) is 0 Å². The third kappa shape index (κ3) is 5.87. The minimum absolute atomic E-state index is 0.565. The zero-order valence-corrected chi connectivity index (χ0v) is 9.85. The predicted molar refractivity (Wildman–Crippen MR) is 61.0 cm³/mol. The summed E-state index contributed by atoms with van der Waals surface area (Å²) >= 11 is 0. The van der Waals surface area contributed by atoms with Crippen molar-refractivity contribution in [1.82, 2.24) is 5.32 Å². The van der Waals surface area contributed by atoms with Crippen molar-refractivity contribution in [2.24, 2.45) is 5.92 Å². The molecule has 0 radical (unpaired) electrons. The van der Waals surface area contributed by atoms with Crippen molar-refractivity contribution >= 4 is 0 Å². The molecule has 0 aliphatic heterocycles. The largest absolute Gasteiger partial charge is 0.311 e. The molecule has 0 aromatic rings. The van der Waals surface area contributed by atoms with Crippen molar-refractivity contribution in [2.75, 3.05) is 6.54 Å². The van der Waals surface area contributed by atoms with Crippen LogP contribution in [0.25, 0.3) is 0 Å². The van der Waals surface area contributed by atoms with E-state index in [1.165, 1.54) is 18.4 Å². The Kier molecular flexibility index (Phi) is 6.97. The van der Waals surface area contributed by atoms with E-state index in [9.17, 15) is 0 Å². The fourth-order valence-electron chi connectivity index (χ4n) is 1.65. The SMILES string of the molecule is CCCC(C)C(C=C(C)C)NCC. The fraction of sp³-hybridized carbons (Fsp3) is 0.833. The Hall–Kier alpha value is -0.300. The molecule has 0 saturated carbocycles. The lowest BCUT2D eigenvalue weighted by atomic mass is 9.95. The Morgan fingerprint density at radius 3 is 2.31 bits per heavy atom. The predicted octanol–water partition coefficient (Wildman–Crippen LogP) is 3.37. The van der Waals surface area contributed by atoms with Gasteiger partial charge in [-0.2, -0.15) is 0 Å². The number of hydrogen-bond donors (Lipinski definition) is 1. The highest BCUT2D eigenvalue weighted by molar-refractivity contribution is 5.02. The summed E-state index contributed by atoms with van der Waals surface area (Å²) in [4.78, 5) is 0. The number of hydrogen-bond acceptors (Lipinski definition) is 1. The van der Waals surface area contributed by atoms with Crippen LogP contribution in [-0.2, 0) is 0 Å². The first-order chi connectivity index (χ1) is 6.11. The maximum atomic E-state index is 3.52. The van der Waals surface area contributed by atoms with E-state index < -0.39 is 0 Å². The standard InChI is InChI=1S/C12H25N/c1-6-8-11(5)12(13-7-2)9-10(3)4/h9,11-13H,6-8H2,1-5H3. The van der Waals surface area contributed by atoms with Crippen molar-refractivity contribution in [3.8, 4) is 0 Å². The lowest BCUT2D eigenvalue weighted by Crippen LogP contribution is -2.33. The van der Waals surface area contributed by atoms with Crippen LogP contribution in [0.4, 0.5) is 0 Å². The molecule has 78 valence electrons. The van der Waals surface area contributed by atoms with Crippen LogP contribution in [0.3, 0.4) is 0 Å². The van der Waals surface area contributed by atoms with Gasteiger partial charge in [0.15, 0.2) is 0 Å². The van der Waals surface area contributed by atoms with Gasteiger partial charge in [0.1, 0.15) is 0 Å². The van der Waals surface area contributed by atoms with Gasteiger partial charge in [0.2, 0.25) is 0 Å². The van der Waals surface area contributed by atoms with E-state index in [1.807, 2.05) is 0 Å². The van der Waals surface area contributed by atoms with Gasteiger partial charge >= 0.3 is 0 Å². The molecule has 1 N–H and O–H groups in total. The maximum absolute atomic E-state index is 3.52. The molecule has 0 bridgehead atoms. The molecule has 0 saturated heterocycles. The summed E-state index contributed by atoms with van der Waals surface area (Å²) in [7, 11) is 0. The summed E-state index contributed by atoms with van der Waals surface area (Å²) in [6.07, 6.45) is 4.94. The molecule has 2 unspecified atom stereocenters. The Morgan fingerprint density at radius 1 is 1.31 bits per heavy atom. The average Bonchev–Trinajstić information content (AvgIpc) is 2.03. The molecule has 0 aromatic carbocycles. The Balaban J connectivity index is 4.14. The van der Waals surface area contributed by atoms with Crippen LogP contribution in [0.2, 0.25) is 0 Å². The van der Waals surface area contributed by atoms with E-state index in [1.54, 1.807) is 0 Å². The van der Waals surface area contributed by atoms with Crippen molar-refractivity contribution < 1.29 is 0 Å². The summed E-state index contributed by atoms with van der Waals surface area (Å²) in [5, 5.41) is 3.52. The third-order valence-corrected chi connectivity index (χ3v) is 2.31. The monoisotopic (exact) mass is 183 g/mol. The van der Waals surface area contributed by atoms with Crippen molar-refractivity contribution in [1.29, 1.82) is 0 Å². The molecule has 0 amide bonds. The van der Waals surface area contributed by atoms with E-state index in [-0.39, 0.29) is 0 Å². The number of nitrogens with one attached hydrogen (secondary N) is 1. The lowest BCUT2D eigenvalue weighted by Gasteiger charge is -2.21. The minimum atomic E-state index is 0.565. The molecule has 1 nitrogen and oxygen atoms in total. The normalized spacial score (nSPS) is 15.2. The van der Waals surface area contributed by atoms with E-state index in [2.05, 4.69) is 46.0 Å². The van der Waals surface area contributed by atoms with Crippen LogP contribution in [-0.4, -0.2) is 12.6 Å². The van der Waals surface area contributed by atoms with Crippen molar-refractivity contribution in [3.05, 3.63) is 11.6 Å². The highest BCUT2D eigenvalue weighted by Gasteiger charge is 2.11. The first-order valence-corrected chi connectivity index (χ1v) is 5.50. The highest BCUT2D eigenvalue weighted by Crippen LogP contribution is 2.13. The van der Waals surface area contributed by atoms with Gasteiger partial charge < -0.3 is 5.32 Å². The molecule has 13 heavy (non-hydrogen) atoms. The summed E-state index contributed by atoms with van der Waals surface area (Å²) in [5.74, 6) is 0.750. The summed E-state index contributed by atoms with van der Waals surface area (Å²) < 4.78 is 0. The molecule has 0 aliphatic carbocycles. The van der Waals surface area contributed by atoms with Crippen LogP contribution < -0.4 is 5.32 Å². The van der Waals surface area contributed by atoms with Crippen LogP contribution in [0.1, 0.15) is 47.5 Å². The van der Waals surface area contributed by atoms with Crippen LogP contribution >= 0.6 is 0 Å². The second-order valence-corrected chi connectivity index (χ2v) is 4.09. The molecular formula is C12H25N. The fourth-order valence-corrected chi connectivity index (χ4v) is 1.65. The smallest absolute Gasteiger partial charge is 0.0277 e. The van der Waals surface area contributed by atoms with Gasteiger partial charge in [0, 0.05) is 6.04 Å². The van der Waals surface area contributed by atoms with E-state index in [0.29, 0.717) is 6.04 Å². The van der Waals surface area contributed by atoms with Gasteiger partial charge in [-0.25, -0.2) is 0 Å². The van der Waals surface area contributed by atoms with Crippen LogP contribution in [0.15, 0.2) is 11.6 Å². The van der Waals surface area contributed by atoms with Crippen molar-refractivity contribution in [2.45, 2.75) is 53.5 Å². The Morgan fingerprint density at radius 2 is 1.92 bits per heavy atom. The van der Waals surface area contributed by atoms with E-state index in [0.717, 1.165) is 12.5 Å². The molecule has 0 heterocycles. The number of rotatable bonds is 6. The number of likely N-dealkylation sites (N-methyl/N-ethyl adjacent to an activating group) is 1. The molecule has 0 rings (SSSR count). The summed E-state index contributed by atoms with van der Waals surface area (Å²) in [6, 6.07) is 0.565. The second kappa shape index (κ2) is 7.14. The lowest BCUT2D eigenvalue weighted by molar-refractivity contribution is 0.412. The van der Waals surface area contributed by atoms with Gasteiger partial charge in [0.05, 0.1) is 0 Å². The van der Waals surface area contributed by atoms with Crippen LogP contribution in [0.5, 0.6) is 0 Å². The molecule has 2 atom stereocenters.